The van der Waals surface area contributed by atoms with Crippen LogP contribution in [0.1, 0.15) is 24.8 Å². The number of amides is 1. The number of hydrogen-bond acceptors (Lipinski definition) is 3. The second-order valence-electron chi connectivity index (χ2n) is 4.94. The third-order valence-electron chi connectivity index (χ3n) is 3.73. The summed E-state index contributed by atoms with van der Waals surface area (Å²) >= 11 is 0. The number of hydrogen-bond donors (Lipinski definition) is 2. The normalized spacial score (nSPS) is 22.9. The van der Waals surface area contributed by atoms with Crippen molar-refractivity contribution in [1.82, 2.24) is 10.3 Å². The van der Waals surface area contributed by atoms with Crippen molar-refractivity contribution >= 4 is 5.91 Å². The minimum absolute atomic E-state index is 0.129. The van der Waals surface area contributed by atoms with Crippen LogP contribution in [0.2, 0.25) is 0 Å². The second kappa shape index (κ2) is 6.50. The predicted octanol–water partition coefficient (Wildman–Crippen LogP) is 1.12. The largest absolute Gasteiger partial charge is 0.356 e. The van der Waals surface area contributed by atoms with Crippen molar-refractivity contribution in [2.45, 2.75) is 25.7 Å². The first kappa shape index (κ1) is 13.0. The monoisotopic (exact) mass is 247 g/mol. The molecule has 1 aromatic heterocycles. The van der Waals surface area contributed by atoms with Crippen molar-refractivity contribution < 1.29 is 4.79 Å². The van der Waals surface area contributed by atoms with Gasteiger partial charge < -0.3 is 11.1 Å². The number of aromatic nitrogens is 1. The van der Waals surface area contributed by atoms with E-state index >= 15 is 0 Å². The summed E-state index contributed by atoms with van der Waals surface area (Å²) < 4.78 is 0. The number of nitrogens with one attached hydrogen (secondary N) is 1. The van der Waals surface area contributed by atoms with Gasteiger partial charge in [0.1, 0.15) is 0 Å². The summed E-state index contributed by atoms with van der Waals surface area (Å²) in [4.78, 5) is 16.1. The van der Waals surface area contributed by atoms with Gasteiger partial charge in [0.25, 0.3) is 0 Å². The highest BCUT2D eigenvalue weighted by atomic mass is 16.1. The fourth-order valence-corrected chi connectivity index (χ4v) is 2.67. The molecule has 1 amide bonds. The fourth-order valence-electron chi connectivity index (χ4n) is 2.67. The summed E-state index contributed by atoms with van der Waals surface area (Å²) in [6.07, 6.45) is 7.64. The van der Waals surface area contributed by atoms with E-state index in [-0.39, 0.29) is 11.8 Å². The molecule has 4 heteroatoms. The molecule has 1 aliphatic carbocycles. The van der Waals surface area contributed by atoms with Crippen LogP contribution in [0.15, 0.2) is 24.5 Å². The number of carbonyl (C=O) groups excluding carboxylic acids is 1. The van der Waals surface area contributed by atoms with Gasteiger partial charge in [0, 0.05) is 24.9 Å². The molecule has 0 aromatic carbocycles. The van der Waals surface area contributed by atoms with E-state index in [1.807, 2.05) is 18.3 Å². The number of nitrogens with two attached hydrogens (primary N) is 1. The van der Waals surface area contributed by atoms with Crippen LogP contribution in [0.4, 0.5) is 0 Å². The Morgan fingerprint density at radius 3 is 3.11 bits per heavy atom. The Hall–Kier alpha value is -1.42. The molecule has 0 spiro atoms. The lowest BCUT2D eigenvalue weighted by Gasteiger charge is -2.17. The zero-order valence-corrected chi connectivity index (χ0v) is 10.6. The molecule has 1 fully saturated rings. The predicted molar refractivity (Wildman–Crippen MR) is 70.8 cm³/mol. The lowest BCUT2D eigenvalue weighted by molar-refractivity contribution is -0.125. The Kier molecular flexibility index (Phi) is 4.70. The Morgan fingerprint density at radius 2 is 2.39 bits per heavy atom. The van der Waals surface area contributed by atoms with E-state index in [1.165, 1.54) is 0 Å². The first-order chi connectivity index (χ1) is 8.81. The highest BCUT2D eigenvalue weighted by Gasteiger charge is 2.31. The molecule has 0 radical (unpaired) electrons. The van der Waals surface area contributed by atoms with Gasteiger partial charge in [-0.05, 0) is 43.4 Å². The van der Waals surface area contributed by atoms with Gasteiger partial charge in [0.05, 0.1) is 0 Å². The van der Waals surface area contributed by atoms with Crippen LogP contribution in [-0.2, 0) is 11.2 Å². The average molecular weight is 247 g/mol. The quantitative estimate of drug-likeness (QED) is 0.819. The number of nitrogens with zero attached hydrogens (tertiary/aromatic N) is 1. The van der Waals surface area contributed by atoms with Gasteiger partial charge in [-0.25, -0.2) is 0 Å². The third kappa shape index (κ3) is 3.29. The molecule has 1 heterocycles. The van der Waals surface area contributed by atoms with E-state index in [2.05, 4.69) is 10.3 Å². The lowest BCUT2D eigenvalue weighted by atomic mass is 9.95. The molecular weight excluding hydrogens is 226 g/mol. The van der Waals surface area contributed by atoms with E-state index in [0.29, 0.717) is 19.0 Å². The molecule has 0 aliphatic heterocycles. The van der Waals surface area contributed by atoms with Crippen LogP contribution in [-0.4, -0.2) is 24.0 Å². The van der Waals surface area contributed by atoms with Crippen LogP contribution >= 0.6 is 0 Å². The molecule has 3 N–H and O–H groups in total. The highest BCUT2D eigenvalue weighted by Crippen LogP contribution is 2.30. The summed E-state index contributed by atoms with van der Waals surface area (Å²) in [5.41, 5.74) is 6.85. The van der Waals surface area contributed by atoms with Crippen LogP contribution in [0.25, 0.3) is 0 Å². The average Bonchev–Trinajstić information content (AvgIpc) is 2.88. The molecule has 98 valence electrons. The molecule has 2 rings (SSSR count). The summed E-state index contributed by atoms with van der Waals surface area (Å²) in [6, 6.07) is 3.94. The van der Waals surface area contributed by atoms with Gasteiger partial charge in [-0.15, -0.1) is 0 Å². The third-order valence-corrected chi connectivity index (χ3v) is 3.73. The van der Waals surface area contributed by atoms with Crippen LogP contribution in [0, 0.1) is 11.8 Å². The summed E-state index contributed by atoms with van der Waals surface area (Å²) in [6.45, 7) is 1.30. The Bertz CT molecular complexity index is 380. The van der Waals surface area contributed by atoms with Crippen LogP contribution in [0.3, 0.4) is 0 Å². The molecule has 0 bridgehead atoms. The van der Waals surface area contributed by atoms with Gasteiger partial charge in [-0.1, -0.05) is 12.5 Å². The molecule has 4 nitrogen and oxygen atoms in total. The standard InChI is InChI=1S/C14H21N3O/c15-9-12-4-1-5-13(12)14(18)17-8-6-11-3-2-7-16-10-11/h2-3,7,10,12-13H,1,4-6,8-9,15H2,(H,17,18)/t12-,13-/m1/s1. The van der Waals surface area contributed by atoms with E-state index in [4.69, 9.17) is 5.73 Å². The molecular formula is C14H21N3O. The maximum Gasteiger partial charge on any atom is 0.223 e. The van der Waals surface area contributed by atoms with E-state index < -0.39 is 0 Å². The molecule has 1 aromatic rings. The van der Waals surface area contributed by atoms with Crippen LogP contribution in [0.5, 0.6) is 0 Å². The van der Waals surface area contributed by atoms with Gasteiger partial charge in [-0.3, -0.25) is 9.78 Å². The Balaban J connectivity index is 1.75. The van der Waals surface area contributed by atoms with Gasteiger partial charge in [0.2, 0.25) is 5.91 Å². The van der Waals surface area contributed by atoms with Crippen LogP contribution < -0.4 is 11.1 Å². The zero-order valence-electron chi connectivity index (χ0n) is 10.6. The molecule has 0 saturated heterocycles. The number of carbonyl (C=O) groups is 1. The first-order valence-corrected chi connectivity index (χ1v) is 6.68. The number of rotatable bonds is 5. The second-order valence-corrected chi connectivity index (χ2v) is 4.94. The van der Waals surface area contributed by atoms with Crippen molar-refractivity contribution in [1.29, 1.82) is 0 Å². The summed E-state index contributed by atoms with van der Waals surface area (Å²) in [7, 11) is 0. The lowest BCUT2D eigenvalue weighted by Crippen LogP contribution is -2.36. The van der Waals surface area contributed by atoms with Crippen molar-refractivity contribution in [3.63, 3.8) is 0 Å². The van der Waals surface area contributed by atoms with E-state index in [0.717, 1.165) is 31.2 Å². The maximum atomic E-state index is 12.0. The maximum absolute atomic E-state index is 12.0. The van der Waals surface area contributed by atoms with Gasteiger partial charge in [0.15, 0.2) is 0 Å². The summed E-state index contributed by atoms with van der Waals surface area (Å²) in [5.74, 6) is 0.680. The van der Waals surface area contributed by atoms with Gasteiger partial charge in [-0.2, -0.15) is 0 Å². The van der Waals surface area contributed by atoms with Crippen molar-refractivity contribution in [2.75, 3.05) is 13.1 Å². The number of pyridine rings is 1. The Labute approximate surface area is 108 Å². The first-order valence-electron chi connectivity index (χ1n) is 6.68. The minimum Gasteiger partial charge on any atom is -0.356 e. The molecule has 18 heavy (non-hydrogen) atoms. The van der Waals surface area contributed by atoms with Gasteiger partial charge >= 0.3 is 0 Å². The summed E-state index contributed by atoms with van der Waals surface area (Å²) in [5, 5.41) is 3.02. The zero-order chi connectivity index (χ0) is 12.8. The molecule has 1 aliphatic rings. The molecule has 1 saturated carbocycles. The Morgan fingerprint density at radius 1 is 1.50 bits per heavy atom. The van der Waals surface area contributed by atoms with E-state index in [1.54, 1.807) is 6.20 Å². The SMILES string of the molecule is NC[C@H]1CCC[C@H]1C(=O)NCCc1cccnc1. The molecule has 2 atom stereocenters. The van der Waals surface area contributed by atoms with Crippen molar-refractivity contribution in [3.05, 3.63) is 30.1 Å². The van der Waals surface area contributed by atoms with E-state index in [9.17, 15) is 4.79 Å². The minimum atomic E-state index is 0.129. The van der Waals surface area contributed by atoms with Crippen molar-refractivity contribution in [3.8, 4) is 0 Å². The highest BCUT2D eigenvalue weighted by molar-refractivity contribution is 5.79. The van der Waals surface area contributed by atoms with Crippen molar-refractivity contribution in [2.24, 2.45) is 17.6 Å². The smallest absolute Gasteiger partial charge is 0.223 e. The fraction of sp³-hybridized carbons (Fsp3) is 0.571. The molecule has 0 unspecified atom stereocenters. The topological polar surface area (TPSA) is 68.0 Å².